The third kappa shape index (κ3) is 3.10. The van der Waals surface area contributed by atoms with Gasteiger partial charge in [0, 0.05) is 21.7 Å². The van der Waals surface area contributed by atoms with E-state index < -0.39 is 0 Å². The van der Waals surface area contributed by atoms with Crippen molar-refractivity contribution in [3.63, 3.8) is 0 Å². The second kappa shape index (κ2) is 6.57. The van der Waals surface area contributed by atoms with E-state index in [4.69, 9.17) is 21.1 Å². The van der Waals surface area contributed by atoms with Gasteiger partial charge in [-0.05, 0) is 38.1 Å². The third-order valence-electron chi connectivity index (χ3n) is 3.65. The van der Waals surface area contributed by atoms with Crippen LogP contribution in [0.4, 0.5) is 5.69 Å². The Morgan fingerprint density at radius 3 is 2.71 bits per heavy atom. The lowest BCUT2D eigenvalue weighted by Gasteiger charge is -2.16. The molecule has 1 aliphatic rings. The Bertz CT molecular complexity index is 827. The Hall–Kier alpha value is -2.46. The maximum atomic E-state index is 12.3. The summed E-state index contributed by atoms with van der Waals surface area (Å²) in [7, 11) is 1.60. The molecular weight excluding hydrogens is 326 g/mol. The highest BCUT2D eigenvalue weighted by molar-refractivity contribution is 6.36. The Kier molecular flexibility index (Phi) is 4.49. The molecule has 5 heteroatoms. The van der Waals surface area contributed by atoms with Crippen LogP contribution < -0.4 is 14.8 Å². The highest BCUT2D eigenvalue weighted by Gasteiger charge is 2.25. The molecule has 1 N–H and O–H groups in total. The number of halogens is 1. The van der Waals surface area contributed by atoms with Crippen LogP contribution in [-0.4, -0.2) is 19.1 Å². The summed E-state index contributed by atoms with van der Waals surface area (Å²) in [6.45, 7) is 3.89. The average molecular weight is 344 g/mol. The number of fused-ring (bicyclic) bond motifs is 1. The molecule has 0 unspecified atom stereocenters. The van der Waals surface area contributed by atoms with E-state index >= 15 is 0 Å². The number of benzene rings is 2. The predicted molar refractivity (Wildman–Crippen MR) is 96.7 cm³/mol. The number of carbonyl (C=O) groups excluding carboxylic acids is 1. The maximum Gasteiger partial charge on any atom is 0.256 e. The van der Waals surface area contributed by atoms with E-state index in [1.165, 1.54) is 0 Å². The molecule has 0 fully saturated rings. The molecule has 0 aromatic heterocycles. The van der Waals surface area contributed by atoms with Crippen molar-refractivity contribution in [3.05, 3.63) is 52.5 Å². The molecule has 24 heavy (non-hydrogen) atoms. The van der Waals surface area contributed by atoms with Gasteiger partial charge in [0.25, 0.3) is 5.91 Å². The fraction of sp³-hybridized carbons (Fsp3) is 0.211. The van der Waals surface area contributed by atoms with Gasteiger partial charge in [0.05, 0.1) is 18.9 Å². The second-order valence-corrected chi connectivity index (χ2v) is 6.18. The topological polar surface area (TPSA) is 47.6 Å². The van der Waals surface area contributed by atoms with Gasteiger partial charge < -0.3 is 14.8 Å². The van der Waals surface area contributed by atoms with Crippen LogP contribution in [0, 0.1) is 0 Å². The van der Waals surface area contributed by atoms with Crippen molar-refractivity contribution in [2.45, 2.75) is 20.0 Å². The number of anilines is 1. The molecule has 0 bridgehead atoms. The number of amides is 1. The summed E-state index contributed by atoms with van der Waals surface area (Å²) in [6.07, 6.45) is 1.80. The third-order valence-corrected chi connectivity index (χ3v) is 3.88. The summed E-state index contributed by atoms with van der Waals surface area (Å²) >= 11 is 5.99. The average Bonchev–Trinajstić information content (AvgIpc) is 2.83. The summed E-state index contributed by atoms with van der Waals surface area (Å²) in [5, 5.41) is 3.42. The summed E-state index contributed by atoms with van der Waals surface area (Å²) in [4.78, 5) is 12.3. The Balaban J connectivity index is 2.11. The first-order chi connectivity index (χ1) is 11.5. The number of carbonyl (C=O) groups is 1. The number of rotatable bonds is 4. The Morgan fingerprint density at radius 1 is 1.21 bits per heavy atom. The number of hydrogen-bond donors (Lipinski definition) is 1. The lowest BCUT2D eigenvalue weighted by Crippen LogP contribution is -2.08. The molecule has 4 nitrogen and oxygen atoms in total. The first kappa shape index (κ1) is 16.4. The number of nitrogens with one attached hydrogen (secondary N) is 1. The molecule has 2 aromatic carbocycles. The van der Waals surface area contributed by atoms with E-state index in [1.807, 2.05) is 44.2 Å². The summed E-state index contributed by atoms with van der Waals surface area (Å²) in [5.74, 6) is 1.09. The van der Waals surface area contributed by atoms with Crippen LogP contribution >= 0.6 is 11.6 Å². The van der Waals surface area contributed by atoms with Gasteiger partial charge in [0.15, 0.2) is 11.5 Å². The van der Waals surface area contributed by atoms with Crippen LogP contribution in [0.5, 0.6) is 11.5 Å². The van der Waals surface area contributed by atoms with Gasteiger partial charge in [-0.25, -0.2) is 0 Å². The lowest BCUT2D eigenvalue weighted by atomic mass is 10.0. The van der Waals surface area contributed by atoms with Crippen molar-refractivity contribution in [2.24, 2.45) is 0 Å². The smallest absolute Gasteiger partial charge is 0.256 e. The van der Waals surface area contributed by atoms with Crippen LogP contribution in [-0.2, 0) is 4.79 Å². The normalized spacial score (nSPS) is 14.7. The molecule has 0 aliphatic carbocycles. The van der Waals surface area contributed by atoms with Crippen molar-refractivity contribution in [1.29, 1.82) is 0 Å². The summed E-state index contributed by atoms with van der Waals surface area (Å²) < 4.78 is 11.3. The number of ether oxygens (including phenoxy) is 2. The zero-order valence-corrected chi connectivity index (χ0v) is 14.5. The van der Waals surface area contributed by atoms with Gasteiger partial charge >= 0.3 is 0 Å². The van der Waals surface area contributed by atoms with E-state index in [9.17, 15) is 4.79 Å². The molecule has 0 spiro atoms. The van der Waals surface area contributed by atoms with Crippen LogP contribution in [0.3, 0.4) is 0 Å². The molecule has 3 rings (SSSR count). The van der Waals surface area contributed by atoms with Crippen LogP contribution in [0.25, 0.3) is 11.6 Å². The van der Waals surface area contributed by atoms with Crippen molar-refractivity contribution in [1.82, 2.24) is 0 Å². The minimum absolute atomic E-state index is 0.0121. The van der Waals surface area contributed by atoms with Crippen molar-refractivity contribution < 1.29 is 14.3 Å². The SMILES string of the molecule is COc1cccc(/C=C2/C(=O)Nc3cc(Cl)ccc32)c1OC(C)C. The van der Waals surface area contributed by atoms with E-state index in [2.05, 4.69) is 5.32 Å². The van der Waals surface area contributed by atoms with Gasteiger partial charge in [0.2, 0.25) is 0 Å². The predicted octanol–water partition coefficient (Wildman–Crippen LogP) is 4.63. The fourth-order valence-electron chi connectivity index (χ4n) is 2.63. The molecule has 1 heterocycles. The molecule has 0 saturated carbocycles. The van der Waals surface area contributed by atoms with Gasteiger partial charge in [-0.2, -0.15) is 0 Å². The summed E-state index contributed by atoms with van der Waals surface area (Å²) in [6, 6.07) is 11.0. The Morgan fingerprint density at radius 2 is 2.00 bits per heavy atom. The summed E-state index contributed by atoms with van der Waals surface area (Å²) in [5.41, 5.74) is 2.90. The first-order valence-corrected chi connectivity index (χ1v) is 8.04. The zero-order valence-electron chi connectivity index (χ0n) is 13.7. The van der Waals surface area contributed by atoms with E-state index in [1.54, 1.807) is 19.2 Å². The highest BCUT2D eigenvalue weighted by atomic mass is 35.5. The van der Waals surface area contributed by atoms with E-state index in [0.717, 1.165) is 11.1 Å². The van der Waals surface area contributed by atoms with E-state index in [-0.39, 0.29) is 12.0 Å². The first-order valence-electron chi connectivity index (χ1n) is 7.66. The van der Waals surface area contributed by atoms with Gasteiger partial charge in [0.1, 0.15) is 0 Å². The quantitative estimate of drug-likeness (QED) is 0.823. The highest BCUT2D eigenvalue weighted by Crippen LogP contribution is 2.38. The van der Waals surface area contributed by atoms with Gasteiger partial charge in [-0.15, -0.1) is 0 Å². The fourth-order valence-corrected chi connectivity index (χ4v) is 2.81. The standard InChI is InChI=1S/C19H18ClNO3/c1-11(2)24-18-12(5-4-6-17(18)23-3)9-15-14-8-7-13(20)10-16(14)21-19(15)22/h4-11H,1-3H3,(H,21,22)/b15-9+. The Labute approximate surface area is 146 Å². The van der Waals surface area contributed by atoms with Crippen molar-refractivity contribution in [2.75, 3.05) is 12.4 Å². The monoisotopic (exact) mass is 343 g/mol. The number of methoxy groups -OCH3 is 1. The lowest BCUT2D eigenvalue weighted by molar-refractivity contribution is -0.110. The maximum absolute atomic E-state index is 12.3. The minimum Gasteiger partial charge on any atom is -0.493 e. The van der Waals surface area contributed by atoms with Crippen LogP contribution in [0.2, 0.25) is 5.02 Å². The largest absolute Gasteiger partial charge is 0.493 e. The van der Waals surface area contributed by atoms with Crippen LogP contribution in [0.15, 0.2) is 36.4 Å². The van der Waals surface area contributed by atoms with Crippen LogP contribution in [0.1, 0.15) is 25.0 Å². The van der Waals surface area contributed by atoms with Crippen molar-refractivity contribution >= 4 is 34.8 Å². The molecule has 0 saturated heterocycles. The van der Waals surface area contributed by atoms with Crippen molar-refractivity contribution in [3.8, 4) is 11.5 Å². The minimum atomic E-state index is -0.161. The molecule has 0 radical (unpaired) electrons. The zero-order chi connectivity index (χ0) is 17.3. The second-order valence-electron chi connectivity index (χ2n) is 5.75. The van der Waals surface area contributed by atoms with E-state index in [0.29, 0.717) is 27.8 Å². The molecule has 2 aromatic rings. The van der Waals surface area contributed by atoms with Gasteiger partial charge in [-0.3, -0.25) is 4.79 Å². The number of hydrogen-bond acceptors (Lipinski definition) is 3. The van der Waals surface area contributed by atoms with Gasteiger partial charge in [-0.1, -0.05) is 29.8 Å². The molecule has 0 atom stereocenters. The molecule has 1 amide bonds. The molecular formula is C19H18ClNO3. The molecule has 124 valence electrons. The number of para-hydroxylation sites is 1. The molecule has 1 aliphatic heterocycles.